The van der Waals surface area contributed by atoms with E-state index in [0.29, 0.717) is 12.5 Å². The summed E-state index contributed by atoms with van der Waals surface area (Å²) in [6.07, 6.45) is 0. The highest BCUT2D eigenvalue weighted by Crippen LogP contribution is 2.28. The van der Waals surface area contributed by atoms with Crippen molar-refractivity contribution in [2.75, 3.05) is 18.4 Å². The summed E-state index contributed by atoms with van der Waals surface area (Å²) in [6.45, 7) is 9.60. The number of hydrogen-bond acceptors (Lipinski definition) is 6. The van der Waals surface area contributed by atoms with Crippen LogP contribution in [0.15, 0.2) is 4.34 Å². The number of nitrogens with one attached hydrogen (secondary N) is 2. The van der Waals surface area contributed by atoms with E-state index in [2.05, 4.69) is 34.7 Å². The monoisotopic (exact) mass is 288 g/mol. The van der Waals surface area contributed by atoms with Crippen LogP contribution in [0.2, 0.25) is 0 Å². The number of hydrogen-bond donors (Lipinski definition) is 2. The Morgan fingerprint density at radius 2 is 2.11 bits per heavy atom. The molecule has 18 heavy (non-hydrogen) atoms. The van der Waals surface area contributed by atoms with E-state index in [0.717, 1.165) is 16.0 Å². The molecule has 1 aromatic rings. The molecular formula is C11H20N4OS2. The van der Waals surface area contributed by atoms with E-state index in [-0.39, 0.29) is 11.2 Å². The molecule has 1 aromatic heterocycles. The van der Waals surface area contributed by atoms with Crippen molar-refractivity contribution in [1.29, 1.82) is 0 Å². The number of anilines is 1. The summed E-state index contributed by atoms with van der Waals surface area (Å²) in [5, 5.41) is 14.8. The lowest BCUT2D eigenvalue weighted by molar-refractivity contribution is -0.120. The van der Waals surface area contributed by atoms with Gasteiger partial charge in [-0.25, -0.2) is 0 Å². The number of nitrogens with zero attached hydrogens (tertiary/aromatic N) is 2. The highest BCUT2D eigenvalue weighted by molar-refractivity contribution is 8.02. The summed E-state index contributed by atoms with van der Waals surface area (Å²) in [4.78, 5) is 11.6. The van der Waals surface area contributed by atoms with E-state index in [1.165, 1.54) is 23.1 Å². The van der Waals surface area contributed by atoms with Gasteiger partial charge in [-0.2, -0.15) is 0 Å². The summed E-state index contributed by atoms with van der Waals surface area (Å²) < 4.78 is 0.819. The van der Waals surface area contributed by atoms with E-state index >= 15 is 0 Å². The number of amides is 1. The van der Waals surface area contributed by atoms with Crippen LogP contribution in [0.25, 0.3) is 0 Å². The summed E-state index contributed by atoms with van der Waals surface area (Å²) in [7, 11) is 0. The van der Waals surface area contributed by atoms with Crippen LogP contribution in [0.5, 0.6) is 0 Å². The predicted octanol–water partition coefficient (Wildman–Crippen LogP) is 2.22. The van der Waals surface area contributed by atoms with Gasteiger partial charge in [-0.3, -0.25) is 4.79 Å². The van der Waals surface area contributed by atoms with Gasteiger partial charge in [0, 0.05) is 13.1 Å². The molecule has 102 valence electrons. The number of rotatable bonds is 7. The third-order valence-electron chi connectivity index (χ3n) is 2.07. The molecule has 7 heteroatoms. The molecule has 0 radical (unpaired) electrons. The molecule has 0 unspecified atom stereocenters. The van der Waals surface area contributed by atoms with Gasteiger partial charge >= 0.3 is 0 Å². The summed E-state index contributed by atoms with van der Waals surface area (Å²) >= 11 is 2.93. The minimum absolute atomic E-state index is 0.0365. The third-order valence-corrected chi connectivity index (χ3v) is 4.13. The van der Waals surface area contributed by atoms with Crippen LogP contribution in [-0.2, 0) is 4.79 Å². The van der Waals surface area contributed by atoms with Gasteiger partial charge in [0.2, 0.25) is 11.0 Å². The molecule has 0 aliphatic rings. The fourth-order valence-corrected chi connectivity index (χ4v) is 3.07. The average molecular weight is 288 g/mol. The van der Waals surface area contributed by atoms with E-state index in [1.807, 2.05) is 13.8 Å². The summed E-state index contributed by atoms with van der Waals surface area (Å²) in [5.41, 5.74) is 0. The minimum atomic E-state index is -0.143. The van der Waals surface area contributed by atoms with Crippen molar-refractivity contribution in [3.8, 4) is 0 Å². The fourth-order valence-electron chi connectivity index (χ4n) is 1.14. The first-order valence-corrected chi connectivity index (χ1v) is 7.74. The van der Waals surface area contributed by atoms with Crippen molar-refractivity contribution in [2.24, 2.45) is 5.92 Å². The molecule has 2 N–H and O–H groups in total. The molecule has 1 atom stereocenters. The number of aromatic nitrogens is 2. The second kappa shape index (κ2) is 7.58. The number of carbonyl (C=O) groups excluding carboxylic acids is 1. The molecule has 0 aliphatic carbocycles. The Morgan fingerprint density at radius 3 is 2.72 bits per heavy atom. The Morgan fingerprint density at radius 1 is 1.39 bits per heavy atom. The largest absolute Gasteiger partial charge is 0.360 e. The maximum absolute atomic E-state index is 11.6. The first kappa shape index (κ1) is 15.2. The Bertz CT molecular complexity index is 381. The van der Waals surface area contributed by atoms with Crippen LogP contribution >= 0.6 is 23.1 Å². The maximum Gasteiger partial charge on any atom is 0.233 e. The lowest BCUT2D eigenvalue weighted by Crippen LogP contribution is -2.30. The van der Waals surface area contributed by atoms with Gasteiger partial charge in [0.25, 0.3) is 0 Å². The average Bonchev–Trinajstić information content (AvgIpc) is 2.74. The fraction of sp³-hybridized carbons (Fsp3) is 0.727. The van der Waals surface area contributed by atoms with Crippen molar-refractivity contribution < 1.29 is 4.79 Å². The van der Waals surface area contributed by atoms with Crippen LogP contribution in [0.1, 0.15) is 27.7 Å². The van der Waals surface area contributed by atoms with Gasteiger partial charge in [-0.15, -0.1) is 10.2 Å². The highest BCUT2D eigenvalue weighted by Gasteiger charge is 2.16. The van der Waals surface area contributed by atoms with Gasteiger partial charge in [0.15, 0.2) is 4.34 Å². The lowest BCUT2D eigenvalue weighted by Gasteiger charge is -2.07. The number of carbonyl (C=O) groups is 1. The molecular weight excluding hydrogens is 268 g/mol. The molecule has 1 rings (SSSR count). The zero-order valence-electron chi connectivity index (χ0n) is 11.2. The van der Waals surface area contributed by atoms with E-state index in [4.69, 9.17) is 0 Å². The molecule has 0 fully saturated rings. The molecule has 0 aliphatic heterocycles. The van der Waals surface area contributed by atoms with Gasteiger partial charge < -0.3 is 10.6 Å². The van der Waals surface area contributed by atoms with Crippen molar-refractivity contribution >= 4 is 34.1 Å². The van der Waals surface area contributed by atoms with Crippen LogP contribution in [0.3, 0.4) is 0 Å². The first-order valence-electron chi connectivity index (χ1n) is 6.04. The molecule has 0 saturated carbocycles. The van der Waals surface area contributed by atoms with Crippen LogP contribution < -0.4 is 10.6 Å². The molecule has 0 spiro atoms. The molecule has 1 heterocycles. The Hall–Kier alpha value is -0.820. The third kappa shape index (κ3) is 5.22. The SMILES string of the molecule is CCNC(=O)[C@H](C)Sc1nnc(NCC(C)C)s1. The normalized spacial score (nSPS) is 12.5. The maximum atomic E-state index is 11.6. The zero-order valence-corrected chi connectivity index (χ0v) is 12.8. The van der Waals surface area contributed by atoms with Gasteiger partial charge in [0.05, 0.1) is 5.25 Å². The van der Waals surface area contributed by atoms with Crippen molar-refractivity contribution in [2.45, 2.75) is 37.3 Å². The van der Waals surface area contributed by atoms with Crippen LogP contribution in [-0.4, -0.2) is 34.4 Å². The summed E-state index contributed by atoms with van der Waals surface area (Å²) in [6, 6.07) is 0. The minimum Gasteiger partial charge on any atom is -0.360 e. The smallest absolute Gasteiger partial charge is 0.233 e. The van der Waals surface area contributed by atoms with Crippen LogP contribution in [0, 0.1) is 5.92 Å². The van der Waals surface area contributed by atoms with E-state index in [9.17, 15) is 4.79 Å². The van der Waals surface area contributed by atoms with Gasteiger partial charge in [0.1, 0.15) is 0 Å². The quantitative estimate of drug-likeness (QED) is 0.753. The summed E-state index contributed by atoms with van der Waals surface area (Å²) in [5.74, 6) is 0.605. The van der Waals surface area contributed by atoms with Gasteiger partial charge in [-0.1, -0.05) is 36.9 Å². The Kier molecular flexibility index (Phi) is 6.42. The topological polar surface area (TPSA) is 66.9 Å². The second-order valence-electron chi connectivity index (χ2n) is 4.30. The van der Waals surface area contributed by atoms with Crippen molar-refractivity contribution in [3.05, 3.63) is 0 Å². The Labute approximate surface area is 116 Å². The Balaban J connectivity index is 2.45. The molecule has 0 saturated heterocycles. The first-order chi connectivity index (χ1) is 8.52. The molecule has 1 amide bonds. The van der Waals surface area contributed by atoms with Gasteiger partial charge in [-0.05, 0) is 19.8 Å². The van der Waals surface area contributed by atoms with E-state index < -0.39 is 0 Å². The number of thioether (sulfide) groups is 1. The molecule has 0 bridgehead atoms. The van der Waals surface area contributed by atoms with E-state index in [1.54, 1.807) is 0 Å². The predicted molar refractivity (Wildman–Crippen MR) is 77.2 cm³/mol. The van der Waals surface area contributed by atoms with Crippen LogP contribution in [0.4, 0.5) is 5.13 Å². The highest BCUT2D eigenvalue weighted by atomic mass is 32.2. The lowest BCUT2D eigenvalue weighted by atomic mass is 10.2. The second-order valence-corrected chi connectivity index (χ2v) is 6.87. The standard InChI is InChI=1S/C11H20N4OS2/c1-5-12-9(16)8(4)17-11-15-14-10(18-11)13-6-7(2)3/h7-8H,5-6H2,1-4H3,(H,12,16)(H,13,14)/t8-/m0/s1. The molecule has 0 aromatic carbocycles. The van der Waals surface area contributed by atoms with Crippen molar-refractivity contribution in [3.63, 3.8) is 0 Å². The van der Waals surface area contributed by atoms with Crippen molar-refractivity contribution in [1.82, 2.24) is 15.5 Å². The molecule has 5 nitrogen and oxygen atoms in total. The zero-order chi connectivity index (χ0) is 13.5.